The number of para-hydroxylation sites is 1. The first-order valence-corrected chi connectivity index (χ1v) is 5.87. The molecule has 0 aliphatic rings. The van der Waals surface area contributed by atoms with E-state index in [1.54, 1.807) is 18.2 Å². The molecule has 2 N–H and O–H groups in total. The molecular weight excluding hydrogens is 285 g/mol. The largest absolute Gasteiger partial charge is 0.486 e. The molecule has 4 heteroatoms. The van der Waals surface area contributed by atoms with Crippen molar-refractivity contribution in [1.29, 1.82) is 0 Å². The summed E-state index contributed by atoms with van der Waals surface area (Å²) < 4.78 is 19.6. The first-order chi connectivity index (χ1) is 8.16. The number of ether oxygens (including phenoxy) is 1. The first-order valence-electron chi connectivity index (χ1n) is 5.08. The summed E-state index contributed by atoms with van der Waals surface area (Å²) >= 11 is 3.27. The minimum absolute atomic E-state index is 0.211. The van der Waals surface area contributed by atoms with Gasteiger partial charge in [-0.3, -0.25) is 0 Å². The van der Waals surface area contributed by atoms with E-state index in [9.17, 15) is 4.39 Å². The number of hydrogen-bond donors (Lipinski definition) is 1. The number of halogens is 2. The Hall–Kier alpha value is -1.55. The Morgan fingerprint density at radius 2 is 1.94 bits per heavy atom. The molecular formula is C13H11BrFNO. The van der Waals surface area contributed by atoms with Gasteiger partial charge in [-0.2, -0.15) is 0 Å². The predicted octanol–water partition coefficient (Wildman–Crippen LogP) is 3.75. The smallest absolute Gasteiger partial charge is 0.165 e. The normalized spacial score (nSPS) is 10.2. The second kappa shape index (κ2) is 5.19. The number of nitrogen functional groups attached to an aromatic ring is 1. The Kier molecular flexibility index (Phi) is 3.64. The topological polar surface area (TPSA) is 35.2 Å². The van der Waals surface area contributed by atoms with E-state index in [1.807, 2.05) is 18.2 Å². The molecule has 0 saturated carbocycles. The number of benzene rings is 2. The lowest BCUT2D eigenvalue weighted by atomic mass is 10.2. The zero-order valence-electron chi connectivity index (χ0n) is 8.99. The van der Waals surface area contributed by atoms with Crippen LogP contribution in [0.15, 0.2) is 46.9 Å². The molecule has 2 aromatic carbocycles. The lowest BCUT2D eigenvalue weighted by molar-refractivity contribution is 0.290. The predicted molar refractivity (Wildman–Crippen MR) is 69.3 cm³/mol. The van der Waals surface area contributed by atoms with Crippen LogP contribution in [0.1, 0.15) is 5.56 Å². The van der Waals surface area contributed by atoms with Crippen LogP contribution in [0, 0.1) is 5.82 Å². The number of hydrogen-bond acceptors (Lipinski definition) is 2. The highest BCUT2D eigenvalue weighted by Gasteiger charge is 2.05. The zero-order valence-corrected chi connectivity index (χ0v) is 10.6. The Morgan fingerprint density at radius 3 is 2.71 bits per heavy atom. The standard InChI is InChI=1S/C13H11BrFNO/c14-10-5-6-11(15)13(7-10)17-8-9-3-1-2-4-12(9)16/h1-7H,8,16H2. The third kappa shape index (κ3) is 2.97. The number of nitrogens with two attached hydrogens (primary N) is 1. The first kappa shape index (κ1) is 11.9. The van der Waals surface area contributed by atoms with Gasteiger partial charge in [0.2, 0.25) is 0 Å². The van der Waals surface area contributed by atoms with Crippen LogP contribution < -0.4 is 10.5 Å². The lowest BCUT2D eigenvalue weighted by Crippen LogP contribution is -2.01. The van der Waals surface area contributed by atoms with Crippen LogP contribution in [0.25, 0.3) is 0 Å². The molecule has 17 heavy (non-hydrogen) atoms. The molecule has 2 nitrogen and oxygen atoms in total. The van der Waals surface area contributed by atoms with Gasteiger partial charge in [-0.05, 0) is 24.3 Å². The molecule has 0 aliphatic carbocycles. The molecule has 2 rings (SSSR count). The average Bonchev–Trinajstić information content (AvgIpc) is 2.32. The lowest BCUT2D eigenvalue weighted by Gasteiger charge is -2.09. The van der Waals surface area contributed by atoms with E-state index in [0.29, 0.717) is 5.69 Å². The van der Waals surface area contributed by atoms with Crippen molar-refractivity contribution in [2.24, 2.45) is 0 Å². The van der Waals surface area contributed by atoms with Crippen LogP contribution in [0.5, 0.6) is 5.75 Å². The van der Waals surface area contributed by atoms with Gasteiger partial charge in [-0.25, -0.2) is 4.39 Å². The molecule has 0 amide bonds. The van der Waals surface area contributed by atoms with Crippen molar-refractivity contribution in [1.82, 2.24) is 0 Å². The molecule has 2 aromatic rings. The summed E-state index contributed by atoms with van der Waals surface area (Å²) in [6, 6.07) is 11.9. The highest BCUT2D eigenvalue weighted by atomic mass is 79.9. The summed E-state index contributed by atoms with van der Waals surface area (Å²) in [5.41, 5.74) is 7.25. The molecule has 0 saturated heterocycles. The minimum Gasteiger partial charge on any atom is -0.486 e. The summed E-state index contributed by atoms with van der Waals surface area (Å²) in [6.07, 6.45) is 0. The maximum Gasteiger partial charge on any atom is 0.165 e. The van der Waals surface area contributed by atoms with Crippen molar-refractivity contribution in [3.63, 3.8) is 0 Å². The van der Waals surface area contributed by atoms with Gasteiger partial charge in [-0.1, -0.05) is 34.1 Å². The van der Waals surface area contributed by atoms with E-state index < -0.39 is 0 Å². The van der Waals surface area contributed by atoms with E-state index in [-0.39, 0.29) is 18.2 Å². The third-order valence-electron chi connectivity index (χ3n) is 2.33. The molecule has 0 bridgehead atoms. The SMILES string of the molecule is Nc1ccccc1COc1cc(Br)ccc1F. The van der Waals surface area contributed by atoms with Gasteiger partial charge in [0.15, 0.2) is 11.6 Å². The Balaban J connectivity index is 2.12. The second-order valence-corrected chi connectivity index (χ2v) is 4.48. The van der Waals surface area contributed by atoms with Crippen molar-refractivity contribution in [2.75, 3.05) is 5.73 Å². The van der Waals surface area contributed by atoms with Gasteiger partial charge in [0.1, 0.15) is 6.61 Å². The van der Waals surface area contributed by atoms with Crippen LogP contribution in [0.3, 0.4) is 0 Å². The summed E-state index contributed by atoms with van der Waals surface area (Å²) in [5, 5.41) is 0. The van der Waals surface area contributed by atoms with Gasteiger partial charge in [0.05, 0.1) is 0 Å². The summed E-state index contributed by atoms with van der Waals surface area (Å²) in [5.74, 6) is -0.176. The van der Waals surface area contributed by atoms with Crippen LogP contribution in [0.2, 0.25) is 0 Å². The van der Waals surface area contributed by atoms with E-state index in [0.717, 1.165) is 10.0 Å². The van der Waals surface area contributed by atoms with Gasteiger partial charge >= 0.3 is 0 Å². The monoisotopic (exact) mass is 295 g/mol. The summed E-state index contributed by atoms with van der Waals surface area (Å²) in [4.78, 5) is 0. The van der Waals surface area contributed by atoms with E-state index in [2.05, 4.69) is 15.9 Å². The highest BCUT2D eigenvalue weighted by Crippen LogP contribution is 2.23. The fourth-order valence-electron chi connectivity index (χ4n) is 1.41. The van der Waals surface area contributed by atoms with Gasteiger partial charge in [-0.15, -0.1) is 0 Å². The molecule has 0 unspecified atom stereocenters. The van der Waals surface area contributed by atoms with Gasteiger partial charge < -0.3 is 10.5 Å². The minimum atomic E-state index is -0.386. The van der Waals surface area contributed by atoms with Crippen molar-refractivity contribution >= 4 is 21.6 Å². The van der Waals surface area contributed by atoms with E-state index >= 15 is 0 Å². The van der Waals surface area contributed by atoms with E-state index in [1.165, 1.54) is 6.07 Å². The van der Waals surface area contributed by atoms with Crippen molar-refractivity contribution < 1.29 is 9.13 Å². The fourth-order valence-corrected chi connectivity index (χ4v) is 1.75. The molecule has 0 heterocycles. The molecule has 0 spiro atoms. The summed E-state index contributed by atoms with van der Waals surface area (Å²) in [7, 11) is 0. The van der Waals surface area contributed by atoms with Gasteiger partial charge in [0, 0.05) is 15.7 Å². The Labute approximate surface area is 107 Å². The van der Waals surface area contributed by atoms with Crippen molar-refractivity contribution in [2.45, 2.75) is 6.61 Å². The Bertz CT molecular complexity index is 531. The molecule has 0 radical (unpaired) electrons. The second-order valence-electron chi connectivity index (χ2n) is 3.56. The van der Waals surface area contributed by atoms with Crippen molar-refractivity contribution in [3.8, 4) is 5.75 Å². The maximum absolute atomic E-state index is 13.4. The third-order valence-corrected chi connectivity index (χ3v) is 2.82. The molecule has 0 atom stereocenters. The fraction of sp³-hybridized carbons (Fsp3) is 0.0769. The Morgan fingerprint density at radius 1 is 1.18 bits per heavy atom. The number of rotatable bonds is 3. The van der Waals surface area contributed by atoms with Gasteiger partial charge in [0.25, 0.3) is 0 Å². The molecule has 0 fully saturated rings. The average molecular weight is 296 g/mol. The van der Waals surface area contributed by atoms with Crippen LogP contribution >= 0.6 is 15.9 Å². The number of anilines is 1. The van der Waals surface area contributed by atoms with Crippen LogP contribution in [0.4, 0.5) is 10.1 Å². The highest BCUT2D eigenvalue weighted by molar-refractivity contribution is 9.10. The van der Waals surface area contributed by atoms with Crippen LogP contribution in [-0.4, -0.2) is 0 Å². The molecule has 88 valence electrons. The molecule has 0 aliphatic heterocycles. The maximum atomic E-state index is 13.4. The van der Waals surface area contributed by atoms with Crippen LogP contribution in [-0.2, 0) is 6.61 Å². The zero-order chi connectivity index (χ0) is 12.3. The summed E-state index contributed by atoms with van der Waals surface area (Å²) in [6.45, 7) is 0.250. The van der Waals surface area contributed by atoms with E-state index in [4.69, 9.17) is 10.5 Å². The van der Waals surface area contributed by atoms with Crippen molar-refractivity contribution in [3.05, 3.63) is 58.3 Å². The quantitative estimate of drug-likeness (QED) is 0.875. The molecule has 0 aromatic heterocycles.